The Morgan fingerprint density at radius 2 is 1.76 bits per heavy atom. The standard InChI is InChI=1S/C18H38N4O3/c1-7-19-16(21-12-9-13-24-14-15(2)3)20-10-8-11-22-17(23)25-18(4,5)6/h15H,7-14H2,1-6H3,(H,22,23)(H2,19,20,21). The van der Waals surface area contributed by atoms with Gasteiger partial charge in [-0.3, -0.25) is 4.99 Å². The maximum atomic E-state index is 11.5. The van der Waals surface area contributed by atoms with Gasteiger partial charge in [-0.1, -0.05) is 13.8 Å². The fraction of sp³-hybridized carbons (Fsp3) is 0.889. The fourth-order valence-corrected chi connectivity index (χ4v) is 1.82. The van der Waals surface area contributed by atoms with Crippen LogP contribution in [0.3, 0.4) is 0 Å². The number of hydrogen-bond donors (Lipinski definition) is 3. The van der Waals surface area contributed by atoms with E-state index in [1.54, 1.807) is 0 Å². The van der Waals surface area contributed by atoms with Crippen molar-refractivity contribution in [3.8, 4) is 0 Å². The molecule has 0 saturated carbocycles. The van der Waals surface area contributed by atoms with Crippen LogP contribution in [0.2, 0.25) is 0 Å². The summed E-state index contributed by atoms with van der Waals surface area (Å²) < 4.78 is 10.7. The molecule has 0 aliphatic carbocycles. The first kappa shape index (κ1) is 23.5. The quantitative estimate of drug-likeness (QED) is 0.300. The molecule has 0 aliphatic rings. The maximum absolute atomic E-state index is 11.5. The van der Waals surface area contributed by atoms with Crippen molar-refractivity contribution in [2.45, 2.75) is 60.0 Å². The average Bonchev–Trinajstić information content (AvgIpc) is 2.48. The van der Waals surface area contributed by atoms with Crippen LogP contribution in [0.1, 0.15) is 54.4 Å². The van der Waals surface area contributed by atoms with E-state index in [1.165, 1.54) is 0 Å². The zero-order valence-electron chi connectivity index (χ0n) is 16.9. The summed E-state index contributed by atoms with van der Waals surface area (Å²) in [6.07, 6.45) is 1.31. The summed E-state index contributed by atoms with van der Waals surface area (Å²) in [7, 11) is 0. The second-order valence-corrected chi connectivity index (χ2v) is 7.29. The number of nitrogens with zero attached hydrogens (tertiary/aromatic N) is 1. The highest BCUT2D eigenvalue weighted by atomic mass is 16.6. The van der Waals surface area contributed by atoms with Gasteiger partial charge in [0, 0.05) is 39.4 Å². The summed E-state index contributed by atoms with van der Waals surface area (Å²) in [5, 5.41) is 9.23. The Morgan fingerprint density at radius 3 is 2.36 bits per heavy atom. The third-order valence-electron chi connectivity index (χ3n) is 2.83. The van der Waals surface area contributed by atoms with Crippen molar-refractivity contribution in [1.29, 1.82) is 0 Å². The van der Waals surface area contributed by atoms with Crippen LogP contribution in [-0.2, 0) is 9.47 Å². The van der Waals surface area contributed by atoms with Crippen molar-refractivity contribution in [3.63, 3.8) is 0 Å². The minimum atomic E-state index is -0.469. The smallest absolute Gasteiger partial charge is 0.407 e. The fourth-order valence-electron chi connectivity index (χ4n) is 1.82. The number of guanidine groups is 1. The van der Waals surface area contributed by atoms with Gasteiger partial charge in [0.2, 0.25) is 0 Å². The van der Waals surface area contributed by atoms with E-state index in [0.717, 1.165) is 45.1 Å². The highest BCUT2D eigenvalue weighted by Gasteiger charge is 2.15. The molecular weight excluding hydrogens is 320 g/mol. The molecule has 0 fully saturated rings. The molecule has 3 N–H and O–H groups in total. The Balaban J connectivity index is 3.86. The molecule has 1 amide bonds. The minimum Gasteiger partial charge on any atom is -0.444 e. The van der Waals surface area contributed by atoms with E-state index < -0.39 is 5.60 Å². The van der Waals surface area contributed by atoms with Gasteiger partial charge in [0.05, 0.1) is 0 Å². The van der Waals surface area contributed by atoms with E-state index in [9.17, 15) is 4.79 Å². The molecule has 148 valence electrons. The number of ether oxygens (including phenoxy) is 2. The summed E-state index contributed by atoms with van der Waals surface area (Å²) in [4.78, 5) is 16.0. The molecule has 7 heteroatoms. The Morgan fingerprint density at radius 1 is 1.08 bits per heavy atom. The van der Waals surface area contributed by atoms with Gasteiger partial charge in [-0.2, -0.15) is 0 Å². The molecule has 0 heterocycles. The number of carbonyl (C=O) groups excluding carboxylic acids is 1. The van der Waals surface area contributed by atoms with Crippen LogP contribution in [0.5, 0.6) is 0 Å². The van der Waals surface area contributed by atoms with Gasteiger partial charge in [-0.05, 0) is 46.5 Å². The highest BCUT2D eigenvalue weighted by Crippen LogP contribution is 2.06. The van der Waals surface area contributed by atoms with Crippen molar-refractivity contribution in [3.05, 3.63) is 0 Å². The van der Waals surface area contributed by atoms with Crippen molar-refractivity contribution in [2.24, 2.45) is 10.9 Å². The molecule has 7 nitrogen and oxygen atoms in total. The largest absolute Gasteiger partial charge is 0.444 e. The van der Waals surface area contributed by atoms with Crippen molar-refractivity contribution < 1.29 is 14.3 Å². The SMILES string of the molecule is CCNC(=NCCCNC(=O)OC(C)(C)C)NCCCOCC(C)C. The third-order valence-corrected chi connectivity index (χ3v) is 2.83. The minimum absolute atomic E-state index is 0.386. The summed E-state index contributed by atoms with van der Waals surface area (Å²) in [5.74, 6) is 1.37. The molecule has 0 aromatic heterocycles. The first-order chi connectivity index (χ1) is 11.7. The van der Waals surface area contributed by atoms with E-state index >= 15 is 0 Å². The predicted octanol–water partition coefficient (Wildman–Crippen LogP) is 2.52. The number of nitrogens with one attached hydrogen (secondary N) is 3. The molecule has 25 heavy (non-hydrogen) atoms. The van der Waals surface area contributed by atoms with E-state index in [0.29, 0.717) is 19.0 Å². The number of hydrogen-bond acceptors (Lipinski definition) is 4. The molecular formula is C18H38N4O3. The van der Waals surface area contributed by atoms with Crippen molar-refractivity contribution in [2.75, 3.05) is 39.4 Å². The van der Waals surface area contributed by atoms with Crippen LogP contribution in [0, 0.1) is 5.92 Å². The molecule has 0 bridgehead atoms. The molecule has 0 aliphatic heterocycles. The molecule has 0 unspecified atom stereocenters. The molecule has 0 spiro atoms. The highest BCUT2D eigenvalue weighted by molar-refractivity contribution is 5.79. The first-order valence-corrected chi connectivity index (χ1v) is 9.31. The lowest BCUT2D eigenvalue weighted by molar-refractivity contribution is 0.0527. The van der Waals surface area contributed by atoms with Crippen LogP contribution in [0.25, 0.3) is 0 Å². The van der Waals surface area contributed by atoms with Gasteiger partial charge < -0.3 is 25.4 Å². The van der Waals surface area contributed by atoms with Gasteiger partial charge in [-0.25, -0.2) is 4.79 Å². The van der Waals surface area contributed by atoms with E-state index in [-0.39, 0.29) is 6.09 Å². The van der Waals surface area contributed by atoms with Gasteiger partial charge in [-0.15, -0.1) is 0 Å². The van der Waals surface area contributed by atoms with Crippen molar-refractivity contribution in [1.82, 2.24) is 16.0 Å². The zero-order valence-corrected chi connectivity index (χ0v) is 16.9. The summed E-state index contributed by atoms with van der Waals surface area (Å²) >= 11 is 0. The molecule has 0 saturated heterocycles. The maximum Gasteiger partial charge on any atom is 0.407 e. The monoisotopic (exact) mass is 358 g/mol. The van der Waals surface area contributed by atoms with E-state index in [1.807, 2.05) is 27.7 Å². The van der Waals surface area contributed by atoms with Crippen LogP contribution in [-0.4, -0.2) is 57.0 Å². The molecule has 0 rings (SSSR count). The topological polar surface area (TPSA) is 84.0 Å². The summed E-state index contributed by atoms with van der Waals surface area (Å²) in [6.45, 7) is 16.2. The number of rotatable bonds is 11. The first-order valence-electron chi connectivity index (χ1n) is 9.31. The van der Waals surface area contributed by atoms with E-state index in [2.05, 4.69) is 34.8 Å². The second kappa shape index (κ2) is 13.8. The Hall–Kier alpha value is -1.50. The number of aliphatic imine (C=N–C) groups is 1. The third kappa shape index (κ3) is 17.1. The van der Waals surface area contributed by atoms with Crippen LogP contribution < -0.4 is 16.0 Å². The Labute approximate surface area is 153 Å². The molecule has 0 radical (unpaired) electrons. The molecule has 0 atom stereocenters. The van der Waals surface area contributed by atoms with Gasteiger partial charge in [0.1, 0.15) is 5.60 Å². The average molecular weight is 359 g/mol. The van der Waals surface area contributed by atoms with Crippen molar-refractivity contribution >= 4 is 12.1 Å². The molecule has 0 aromatic carbocycles. The number of amides is 1. The van der Waals surface area contributed by atoms with Crippen LogP contribution in [0.15, 0.2) is 4.99 Å². The Kier molecular flexibility index (Phi) is 12.9. The number of alkyl carbamates (subject to hydrolysis) is 1. The lowest BCUT2D eigenvalue weighted by atomic mass is 10.2. The normalized spacial score (nSPS) is 12.2. The lowest BCUT2D eigenvalue weighted by Crippen LogP contribution is -2.38. The summed E-state index contributed by atoms with van der Waals surface area (Å²) in [6, 6.07) is 0. The second-order valence-electron chi connectivity index (χ2n) is 7.29. The van der Waals surface area contributed by atoms with Crippen LogP contribution in [0.4, 0.5) is 4.79 Å². The zero-order chi connectivity index (χ0) is 19.1. The van der Waals surface area contributed by atoms with Gasteiger partial charge in [0.15, 0.2) is 5.96 Å². The number of carbonyl (C=O) groups is 1. The molecule has 0 aromatic rings. The van der Waals surface area contributed by atoms with Crippen LogP contribution >= 0.6 is 0 Å². The van der Waals surface area contributed by atoms with Gasteiger partial charge >= 0.3 is 6.09 Å². The summed E-state index contributed by atoms with van der Waals surface area (Å²) in [5.41, 5.74) is -0.469. The lowest BCUT2D eigenvalue weighted by Gasteiger charge is -2.19. The van der Waals surface area contributed by atoms with Gasteiger partial charge in [0.25, 0.3) is 0 Å². The van der Waals surface area contributed by atoms with E-state index in [4.69, 9.17) is 9.47 Å². The predicted molar refractivity (Wildman–Crippen MR) is 103 cm³/mol. The Bertz CT molecular complexity index is 379.